The number of nitrogens with one attached hydrogen (secondary N) is 1. The van der Waals surface area contributed by atoms with Crippen LogP contribution in [0.2, 0.25) is 0 Å². The molecule has 2 aliphatic rings. The summed E-state index contributed by atoms with van der Waals surface area (Å²) in [6, 6.07) is 13.5. The minimum absolute atomic E-state index is 0.0943. The number of rotatable bonds is 6. The van der Waals surface area contributed by atoms with Crippen LogP contribution in [0.15, 0.2) is 48.7 Å². The second-order valence-corrected chi connectivity index (χ2v) is 8.02. The maximum absolute atomic E-state index is 12.7. The molecule has 30 heavy (non-hydrogen) atoms. The number of aryl methyl sites for hydroxylation is 1. The van der Waals surface area contributed by atoms with Crippen LogP contribution in [0.3, 0.4) is 0 Å². The molecule has 1 aliphatic carbocycles. The average Bonchev–Trinajstić information content (AvgIpc) is 3.11. The van der Waals surface area contributed by atoms with Crippen molar-refractivity contribution in [3.63, 3.8) is 0 Å². The second kappa shape index (κ2) is 9.15. The zero-order valence-electron chi connectivity index (χ0n) is 17.3. The van der Waals surface area contributed by atoms with Gasteiger partial charge in [0, 0.05) is 37.1 Å². The summed E-state index contributed by atoms with van der Waals surface area (Å²) in [6.07, 6.45) is 5.35. The van der Waals surface area contributed by atoms with Gasteiger partial charge in [-0.3, -0.25) is 9.69 Å². The van der Waals surface area contributed by atoms with Crippen molar-refractivity contribution in [3.8, 4) is 5.88 Å². The van der Waals surface area contributed by atoms with Crippen LogP contribution >= 0.6 is 0 Å². The first-order valence-corrected chi connectivity index (χ1v) is 10.6. The highest BCUT2D eigenvalue weighted by atomic mass is 16.5. The number of nitrogens with zero attached hydrogens (tertiary/aromatic N) is 3. The van der Waals surface area contributed by atoms with Crippen molar-refractivity contribution in [2.24, 2.45) is 0 Å². The predicted molar refractivity (Wildman–Crippen MR) is 115 cm³/mol. The summed E-state index contributed by atoms with van der Waals surface area (Å²) in [6.45, 7) is 3.28. The van der Waals surface area contributed by atoms with Crippen LogP contribution in [-0.2, 0) is 4.79 Å². The molecule has 3 amide bonds. The van der Waals surface area contributed by atoms with Gasteiger partial charge in [-0.15, -0.1) is 0 Å². The Labute approximate surface area is 177 Å². The molecular formula is C23H28N4O3. The topological polar surface area (TPSA) is 74.8 Å². The van der Waals surface area contributed by atoms with Crippen LogP contribution in [0, 0.1) is 6.92 Å². The summed E-state index contributed by atoms with van der Waals surface area (Å²) < 4.78 is 5.91. The lowest BCUT2D eigenvalue weighted by Gasteiger charge is -2.29. The molecule has 2 aromatic rings. The third-order valence-electron chi connectivity index (χ3n) is 5.74. The lowest BCUT2D eigenvalue weighted by atomic mass is 9.93. The van der Waals surface area contributed by atoms with E-state index in [-0.39, 0.29) is 30.6 Å². The molecule has 0 bridgehead atoms. The quantitative estimate of drug-likeness (QED) is 0.797. The summed E-state index contributed by atoms with van der Waals surface area (Å²) in [4.78, 5) is 32.7. The van der Waals surface area contributed by atoms with E-state index in [0.717, 1.165) is 36.9 Å². The zero-order valence-corrected chi connectivity index (χ0v) is 17.3. The molecule has 0 spiro atoms. The van der Waals surface area contributed by atoms with Gasteiger partial charge in [-0.1, -0.05) is 23.8 Å². The van der Waals surface area contributed by atoms with Crippen LogP contribution in [0.4, 0.5) is 10.5 Å². The van der Waals surface area contributed by atoms with Crippen molar-refractivity contribution in [3.05, 3.63) is 54.2 Å². The fourth-order valence-corrected chi connectivity index (χ4v) is 4.05. The van der Waals surface area contributed by atoms with Crippen LogP contribution < -0.4 is 15.0 Å². The Hall–Kier alpha value is -3.09. The van der Waals surface area contributed by atoms with Crippen LogP contribution in [-0.4, -0.2) is 53.6 Å². The second-order valence-electron chi connectivity index (χ2n) is 8.02. The number of hydrogen-bond acceptors (Lipinski definition) is 4. The molecule has 4 rings (SSSR count). The molecule has 1 aliphatic heterocycles. The average molecular weight is 409 g/mol. The number of aromatic nitrogens is 1. The molecule has 7 nitrogen and oxygen atoms in total. The van der Waals surface area contributed by atoms with Crippen LogP contribution in [0.1, 0.15) is 31.2 Å². The summed E-state index contributed by atoms with van der Waals surface area (Å²) in [5.74, 6) is 0.555. The monoisotopic (exact) mass is 408 g/mol. The van der Waals surface area contributed by atoms with Gasteiger partial charge < -0.3 is 15.0 Å². The smallest absolute Gasteiger partial charge is 0.325 e. The van der Waals surface area contributed by atoms with Gasteiger partial charge in [0.15, 0.2) is 0 Å². The molecule has 1 aromatic carbocycles. The molecule has 158 valence electrons. The molecule has 0 atom stereocenters. The van der Waals surface area contributed by atoms with Gasteiger partial charge in [0.2, 0.25) is 11.8 Å². The number of ether oxygens (including phenoxy) is 1. The van der Waals surface area contributed by atoms with Gasteiger partial charge in [0.25, 0.3) is 0 Å². The van der Waals surface area contributed by atoms with Crippen molar-refractivity contribution in [1.29, 1.82) is 0 Å². The van der Waals surface area contributed by atoms with Gasteiger partial charge in [-0.25, -0.2) is 9.78 Å². The Morgan fingerprint density at radius 1 is 1.10 bits per heavy atom. The number of carbonyl (C=O) groups is 2. The highest BCUT2D eigenvalue weighted by Gasteiger charge is 2.31. The van der Waals surface area contributed by atoms with Crippen molar-refractivity contribution >= 4 is 17.6 Å². The number of anilines is 1. The van der Waals surface area contributed by atoms with E-state index < -0.39 is 0 Å². The maximum atomic E-state index is 12.7. The Kier molecular flexibility index (Phi) is 6.16. The normalized spacial score (nSPS) is 21.6. The van der Waals surface area contributed by atoms with Crippen molar-refractivity contribution < 1.29 is 14.3 Å². The predicted octanol–water partition coefficient (Wildman–Crippen LogP) is 3.14. The molecule has 1 saturated carbocycles. The molecule has 1 saturated heterocycles. The van der Waals surface area contributed by atoms with Gasteiger partial charge in [0.05, 0.1) is 0 Å². The Morgan fingerprint density at radius 2 is 1.87 bits per heavy atom. The largest absolute Gasteiger partial charge is 0.474 e. The summed E-state index contributed by atoms with van der Waals surface area (Å²) in [5.41, 5.74) is 2.03. The van der Waals surface area contributed by atoms with Crippen LogP contribution in [0.5, 0.6) is 5.88 Å². The molecule has 0 unspecified atom stereocenters. The van der Waals surface area contributed by atoms with Gasteiger partial charge in [-0.05, 0) is 50.8 Å². The van der Waals surface area contributed by atoms with Gasteiger partial charge in [-0.2, -0.15) is 0 Å². The Balaban J connectivity index is 1.22. The van der Waals surface area contributed by atoms with E-state index in [2.05, 4.69) is 10.3 Å². The summed E-state index contributed by atoms with van der Waals surface area (Å²) in [5, 5.41) is 3.09. The fourth-order valence-electron chi connectivity index (χ4n) is 4.05. The van der Waals surface area contributed by atoms with E-state index in [4.69, 9.17) is 4.74 Å². The molecule has 1 N–H and O–H groups in total. The number of benzene rings is 1. The molecular weight excluding hydrogens is 380 g/mol. The third kappa shape index (κ3) is 4.90. The number of pyridine rings is 1. The first kappa shape index (κ1) is 20.2. The first-order valence-electron chi connectivity index (χ1n) is 10.6. The molecule has 1 aromatic heterocycles. The van der Waals surface area contributed by atoms with E-state index in [9.17, 15) is 9.59 Å². The van der Waals surface area contributed by atoms with E-state index in [0.29, 0.717) is 19.0 Å². The van der Waals surface area contributed by atoms with Gasteiger partial charge in [0.1, 0.15) is 12.6 Å². The standard InChI is InChI=1S/C23H28N4O3/c1-17-5-9-19(10-6-17)27-15-14-26(23(27)29)16-21(28)25-18-7-11-20(12-8-18)30-22-4-2-3-13-24-22/h2-6,9-10,13,18,20H,7-8,11-12,14-16H2,1H3,(H,25,28). The summed E-state index contributed by atoms with van der Waals surface area (Å²) >= 11 is 0. The summed E-state index contributed by atoms with van der Waals surface area (Å²) in [7, 11) is 0. The Morgan fingerprint density at radius 3 is 2.57 bits per heavy atom. The third-order valence-corrected chi connectivity index (χ3v) is 5.74. The molecule has 2 heterocycles. The van der Waals surface area contributed by atoms with E-state index >= 15 is 0 Å². The maximum Gasteiger partial charge on any atom is 0.325 e. The zero-order chi connectivity index (χ0) is 20.9. The minimum atomic E-state index is -0.110. The van der Waals surface area contributed by atoms with Crippen molar-refractivity contribution in [2.75, 3.05) is 24.5 Å². The van der Waals surface area contributed by atoms with Crippen molar-refractivity contribution in [1.82, 2.24) is 15.2 Å². The number of hydrogen-bond donors (Lipinski definition) is 1. The van der Waals surface area contributed by atoms with E-state index in [1.807, 2.05) is 49.4 Å². The SMILES string of the molecule is Cc1ccc(N2CCN(CC(=O)NC3CCC(Oc4ccccn4)CC3)C2=O)cc1. The highest BCUT2D eigenvalue weighted by Crippen LogP contribution is 2.23. The van der Waals surface area contributed by atoms with Gasteiger partial charge >= 0.3 is 6.03 Å². The van der Waals surface area contributed by atoms with E-state index in [1.54, 1.807) is 16.0 Å². The molecule has 7 heteroatoms. The number of urea groups is 1. The molecule has 0 radical (unpaired) electrons. The van der Waals surface area contributed by atoms with Crippen LogP contribution in [0.25, 0.3) is 0 Å². The Bertz CT molecular complexity index is 864. The first-order chi connectivity index (χ1) is 14.6. The minimum Gasteiger partial charge on any atom is -0.474 e. The fraction of sp³-hybridized carbons (Fsp3) is 0.435. The number of carbonyl (C=O) groups excluding carboxylic acids is 2. The lowest BCUT2D eigenvalue weighted by molar-refractivity contribution is -0.122. The molecule has 2 fully saturated rings. The van der Waals surface area contributed by atoms with Crippen molar-refractivity contribution in [2.45, 2.75) is 44.8 Å². The highest BCUT2D eigenvalue weighted by molar-refractivity contribution is 5.96. The lowest BCUT2D eigenvalue weighted by Crippen LogP contribution is -2.45. The van der Waals surface area contributed by atoms with E-state index in [1.165, 1.54) is 0 Å². The number of amides is 3.